The molecule has 0 spiro atoms. The van der Waals surface area contributed by atoms with Crippen molar-refractivity contribution in [3.05, 3.63) is 91.9 Å². The zero-order valence-electron chi connectivity index (χ0n) is 16.5. The maximum Gasteiger partial charge on any atom is 0.271 e. The van der Waals surface area contributed by atoms with E-state index in [0.29, 0.717) is 23.7 Å². The third-order valence-electron chi connectivity index (χ3n) is 4.35. The van der Waals surface area contributed by atoms with Crippen molar-refractivity contribution in [1.29, 1.82) is 0 Å². The Balaban J connectivity index is 1.71. The van der Waals surface area contributed by atoms with Crippen LogP contribution in [0, 0.1) is 6.92 Å². The van der Waals surface area contributed by atoms with E-state index in [0.717, 1.165) is 25.6 Å². The summed E-state index contributed by atoms with van der Waals surface area (Å²) < 4.78 is 13.0. The van der Waals surface area contributed by atoms with Crippen LogP contribution in [0.2, 0.25) is 0 Å². The van der Waals surface area contributed by atoms with Crippen LogP contribution in [0.1, 0.15) is 27.0 Å². The Bertz CT molecular complexity index is 1080. The van der Waals surface area contributed by atoms with Crippen LogP contribution in [0.25, 0.3) is 0 Å². The van der Waals surface area contributed by atoms with Gasteiger partial charge >= 0.3 is 0 Å². The molecule has 3 rings (SSSR count). The molecule has 0 aliphatic heterocycles. The monoisotopic (exact) mass is 530 g/mol. The van der Waals surface area contributed by atoms with Gasteiger partial charge in [0.15, 0.2) is 11.5 Å². The van der Waals surface area contributed by atoms with Gasteiger partial charge in [0, 0.05) is 10.0 Å². The molecular weight excluding hydrogens is 512 g/mol. The fourth-order valence-electron chi connectivity index (χ4n) is 2.74. The van der Waals surface area contributed by atoms with Crippen LogP contribution in [0.15, 0.2) is 74.7 Å². The van der Waals surface area contributed by atoms with Crippen LogP contribution >= 0.6 is 31.9 Å². The topological polar surface area (TPSA) is 59.9 Å². The highest BCUT2D eigenvalue weighted by Crippen LogP contribution is 2.37. The third kappa shape index (κ3) is 5.70. The molecule has 30 heavy (non-hydrogen) atoms. The molecule has 0 saturated carbocycles. The van der Waals surface area contributed by atoms with Crippen LogP contribution in [0.4, 0.5) is 0 Å². The lowest BCUT2D eigenvalue weighted by molar-refractivity contribution is 0.0955. The number of nitrogens with one attached hydrogen (secondary N) is 1. The number of rotatable bonds is 7. The molecule has 7 heteroatoms. The molecule has 5 nitrogen and oxygen atoms in total. The van der Waals surface area contributed by atoms with Crippen molar-refractivity contribution < 1.29 is 14.3 Å². The first-order chi connectivity index (χ1) is 14.5. The summed E-state index contributed by atoms with van der Waals surface area (Å²) in [4.78, 5) is 12.2. The molecule has 0 aliphatic rings. The zero-order valence-corrected chi connectivity index (χ0v) is 19.7. The molecule has 0 aromatic heterocycles. The minimum absolute atomic E-state index is 0.295. The van der Waals surface area contributed by atoms with Gasteiger partial charge in [-0.2, -0.15) is 5.10 Å². The Morgan fingerprint density at radius 2 is 1.90 bits per heavy atom. The maximum absolute atomic E-state index is 12.2. The van der Waals surface area contributed by atoms with Gasteiger partial charge in [-0.05, 0) is 69.9 Å². The molecule has 1 N–H and O–H groups in total. The van der Waals surface area contributed by atoms with Crippen molar-refractivity contribution in [1.82, 2.24) is 5.43 Å². The number of nitrogens with zero attached hydrogens (tertiary/aromatic N) is 1. The lowest BCUT2D eigenvalue weighted by Crippen LogP contribution is -2.17. The van der Waals surface area contributed by atoms with Crippen molar-refractivity contribution in [2.45, 2.75) is 13.5 Å². The van der Waals surface area contributed by atoms with E-state index < -0.39 is 0 Å². The Kier molecular flexibility index (Phi) is 7.65. The molecule has 0 atom stereocenters. The lowest BCUT2D eigenvalue weighted by Gasteiger charge is -2.14. The van der Waals surface area contributed by atoms with Gasteiger partial charge in [-0.15, -0.1) is 0 Å². The summed E-state index contributed by atoms with van der Waals surface area (Å²) in [6.45, 7) is 2.48. The van der Waals surface area contributed by atoms with Gasteiger partial charge in [0.2, 0.25) is 0 Å². The van der Waals surface area contributed by atoms with Gasteiger partial charge in [0.05, 0.1) is 17.8 Å². The molecule has 0 unspecified atom stereocenters. The molecule has 0 fully saturated rings. The molecule has 1 amide bonds. The first-order valence-electron chi connectivity index (χ1n) is 9.11. The SMILES string of the molecule is COc1cc(/C=N\NC(=O)c2cccc(Br)c2)cc(Br)c1OCc1ccccc1C. The molecule has 0 bridgehead atoms. The van der Waals surface area contributed by atoms with Gasteiger partial charge in [-0.25, -0.2) is 5.43 Å². The fraction of sp³-hybridized carbons (Fsp3) is 0.130. The van der Waals surface area contributed by atoms with Crippen molar-refractivity contribution in [3.8, 4) is 11.5 Å². The van der Waals surface area contributed by atoms with E-state index >= 15 is 0 Å². The van der Waals surface area contributed by atoms with Crippen LogP contribution in [-0.2, 0) is 6.61 Å². The van der Waals surface area contributed by atoms with Crippen LogP contribution in [0.5, 0.6) is 11.5 Å². The second kappa shape index (κ2) is 10.4. The number of ether oxygens (including phenoxy) is 2. The smallest absolute Gasteiger partial charge is 0.271 e. The van der Waals surface area contributed by atoms with Gasteiger partial charge in [0.25, 0.3) is 5.91 Å². The lowest BCUT2D eigenvalue weighted by atomic mass is 10.1. The number of carbonyl (C=O) groups excluding carboxylic acids is 1. The standard InChI is InChI=1S/C23H20Br2N2O3/c1-15-6-3-4-7-18(15)14-30-22-20(25)10-16(11-21(22)29-2)13-26-27-23(28)17-8-5-9-19(24)12-17/h3-13H,14H2,1-2H3,(H,27,28)/b26-13-. The normalized spacial score (nSPS) is 10.8. The number of hydrogen-bond acceptors (Lipinski definition) is 4. The number of hydrazone groups is 1. The molecule has 0 aliphatic carbocycles. The number of hydrogen-bond donors (Lipinski definition) is 1. The number of aryl methyl sites for hydroxylation is 1. The van der Waals surface area contributed by atoms with Gasteiger partial charge < -0.3 is 9.47 Å². The van der Waals surface area contributed by atoms with E-state index in [1.807, 2.05) is 43.3 Å². The third-order valence-corrected chi connectivity index (χ3v) is 5.43. The number of methoxy groups -OCH3 is 1. The first kappa shape index (κ1) is 22.1. The predicted molar refractivity (Wildman–Crippen MR) is 125 cm³/mol. The van der Waals surface area contributed by atoms with E-state index in [4.69, 9.17) is 9.47 Å². The highest BCUT2D eigenvalue weighted by atomic mass is 79.9. The average Bonchev–Trinajstić information content (AvgIpc) is 2.73. The first-order valence-corrected chi connectivity index (χ1v) is 10.7. The molecule has 0 radical (unpaired) electrons. The van der Waals surface area contributed by atoms with Crippen LogP contribution in [0.3, 0.4) is 0 Å². The number of benzene rings is 3. The summed E-state index contributed by atoms with van der Waals surface area (Å²) in [7, 11) is 1.58. The molecule has 3 aromatic carbocycles. The fourth-order valence-corrected chi connectivity index (χ4v) is 3.71. The van der Waals surface area contributed by atoms with Crippen molar-refractivity contribution in [2.75, 3.05) is 7.11 Å². The Morgan fingerprint density at radius 1 is 1.10 bits per heavy atom. The number of amides is 1. The summed E-state index contributed by atoms with van der Waals surface area (Å²) >= 11 is 6.89. The van der Waals surface area contributed by atoms with E-state index in [1.54, 1.807) is 37.6 Å². The van der Waals surface area contributed by atoms with E-state index in [9.17, 15) is 4.79 Å². The van der Waals surface area contributed by atoms with Gasteiger partial charge in [-0.3, -0.25) is 4.79 Å². The zero-order chi connectivity index (χ0) is 21.5. The summed E-state index contributed by atoms with van der Waals surface area (Å²) in [6.07, 6.45) is 1.55. The van der Waals surface area contributed by atoms with Crippen molar-refractivity contribution >= 4 is 44.0 Å². The van der Waals surface area contributed by atoms with E-state index in [-0.39, 0.29) is 5.91 Å². The highest BCUT2D eigenvalue weighted by molar-refractivity contribution is 9.10. The minimum Gasteiger partial charge on any atom is -0.493 e. The summed E-state index contributed by atoms with van der Waals surface area (Å²) in [5.74, 6) is 0.880. The Morgan fingerprint density at radius 3 is 2.63 bits per heavy atom. The minimum atomic E-state index is -0.295. The number of carbonyl (C=O) groups is 1. The molecular formula is C23H20Br2N2O3. The molecule has 0 heterocycles. The predicted octanol–water partition coefficient (Wildman–Crippen LogP) is 5.87. The van der Waals surface area contributed by atoms with Gasteiger partial charge in [-0.1, -0.05) is 46.3 Å². The summed E-state index contributed by atoms with van der Waals surface area (Å²) in [6, 6.07) is 18.8. The summed E-state index contributed by atoms with van der Waals surface area (Å²) in [5.41, 5.74) is 6.05. The van der Waals surface area contributed by atoms with Crippen LogP contribution in [-0.4, -0.2) is 19.2 Å². The quantitative estimate of drug-likeness (QED) is 0.306. The Labute approximate surface area is 192 Å². The van der Waals surface area contributed by atoms with E-state index in [1.165, 1.54) is 0 Å². The summed E-state index contributed by atoms with van der Waals surface area (Å²) in [5, 5.41) is 4.04. The highest BCUT2D eigenvalue weighted by Gasteiger charge is 2.12. The second-order valence-electron chi connectivity index (χ2n) is 6.46. The molecule has 3 aromatic rings. The average molecular weight is 532 g/mol. The maximum atomic E-state index is 12.2. The van der Waals surface area contributed by atoms with Gasteiger partial charge in [0.1, 0.15) is 6.61 Å². The Hall–Kier alpha value is -2.64. The van der Waals surface area contributed by atoms with Crippen LogP contribution < -0.4 is 14.9 Å². The van der Waals surface area contributed by atoms with Crippen molar-refractivity contribution in [3.63, 3.8) is 0 Å². The van der Waals surface area contributed by atoms with E-state index in [2.05, 4.69) is 42.4 Å². The molecule has 154 valence electrons. The largest absolute Gasteiger partial charge is 0.493 e. The molecule has 0 saturated heterocycles. The van der Waals surface area contributed by atoms with Crippen molar-refractivity contribution in [2.24, 2.45) is 5.10 Å². The number of halogens is 2. The second-order valence-corrected chi connectivity index (χ2v) is 8.23.